The predicted octanol–water partition coefficient (Wildman–Crippen LogP) is 2.36. The maximum atomic E-state index is 13.5. The largest absolute Gasteiger partial charge is 0.482 e. The van der Waals surface area contributed by atoms with Crippen molar-refractivity contribution in [2.75, 3.05) is 31.6 Å². The summed E-state index contributed by atoms with van der Waals surface area (Å²) in [6.07, 6.45) is 0. The van der Waals surface area contributed by atoms with Gasteiger partial charge < -0.3 is 20.3 Å². The maximum absolute atomic E-state index is 13.5. The van der Waals surface area contributed by atoms with Crippen molar-refractivity contribution in [3.05, 3.63) is 59.2 Å². The van der Waals surface area contributed by atoms with E-state index in [1.807, 2.05) is 11.0 Å². The fraction of sp³-hybridized carbons (Fsp3) is 0.364. The molecule has 3 heterocycles. The second kappa shape index (κ2) is 6.63. The molecule has 0 saturated carbocycles. The van der Waals surface area contributed by atoms with Gasteiger partial charge in [-0.1, -0.05) is 24.3 Å². The van der Waals surface area contributed by atoms with Crippen LogP contribution in [0, 0.1) is 18.8 Å². The number of benzene rings is 2. The Bertz CT molecular complexity index is 958. The maximum Gasteiger partial charge on any atom is 0.262 e. The fourth-order valence-corrected chi connectivity index (χ4v) is 4.82. The van der Waals surface area contributed by atoms with Gasteiger partial charge in [0.05, 0.1) is 11.7 Å². The van der Waals surface area contributed by atoms with Gasteiger partial charge in [0.2, 0.25) is 0 Å². The molecular weight excluding hydrogens is 354 g/mol. The van der Waals surface area contributed by atoms with Crippen LogP contribution in [0.5, 0.6) is 5.75 Å². The van der Waals surface area contributed by atoms with Gasteiger partial charge in [-0.25, -0.2) is 0 Å². The molecule has 2 saturated heterocycles. The number of anilines is 1. The van der Waals surface area contributed by atoms with E-state index >= 15 is 0 Å². The lowest BCUT2D eigenvalue weighted by molar-refractivity contribution is -0.118. The molecule has 2 aromatic carbocycles. The molecule has 0 aliphatic carbocycles. The van der Waals surface area contributed by atoms with E-state index in [0.29, 0.717) is 28.8 Å². The van der Waals surface area contributed by atoms with Crippen molar-refractivity contribution in [2.24, 2.45) is 11.8 Å². The van der Waals surface area contributed by atoms with Crippen molar-refractivity contribution in [3.8, 4) is 5.75 Å². The number of nitrogens with one attached hydrogen (secondary N) is 2. The second-order valence-corrected chi connectivity index (χ2v) is 7.89. The average molecular weight is 377 g/mol. The zero-order chi connectivity index (χ0) is 19.3. The zero-order valence-corrected chi connectivity index (χ0v) is 15.8. The first-order valence-electron chi connectivity index (χ1n) is 9.76. The van der Waals surface area contributed by atoms with Crippen LogP contribution >= 0.6 is 0 Å². The van der Waals surface area contributed by atoms with Crippen LogP contribution in [0.15, 0.2) is 42.5 Å². The van der Waals surface area contributed by atoms with Gasteiger partial charge in [0, 0.05) is 31.1 Å². The number of hydrogen-bond donors (Lipinski definition) is 2. The van der Waals surface area contributed by atoms with E-state index in [0.717, 1.165) is 19.6 Å². The lowest BCUT2D eigenvalue weighted by Gasteiger charge is -2.30. The van der Waals surface area contributed by atoms with Gasteiger partial charge in [-0.05, 0) is 42.2 Å². The third-order valence-electron chi connectivity index (χ3n) is 6.19. The van der Waals surface area contributed by atoms with Gasteiger partial charge >= 0.3 is 0 Å². The standard InChI is InChI=1S/C22H23N3O3/c1-13-4-2-3-5-16(13)21-17-10-23-9-15(17)11-25(21)22(27)14-6-7-18-19(8-14)28-12-20(26)24-18/h2-8,15,17,21,23H,9-12H2,1H3,(H,24,26)/t15-,17-,21+/m0/s1. The molecule has 2 aromatic rings. The van der Waals surface area contributed by atoms with Crippen LogP contribution in [0.2, 0.25) is 0 Å². The summed E-state index contributed by atoms with van der Waals surface area (Å²) >= 11 is 0. The second-order valence-electron chi connectivity index (χ2n) is 7.89. The SMILES string of the molecule is Cc1ccccc1[C@@H]1[C@H]2CNC[C@H]2CN1C(=O)c1ccc2c(c1)OCC(=O)N2. The fourth-order valence-electron chi connectivity index (χ4n) is 4.82. The lowest BCUT2D eigenvalue weighted by Crippen LogP contribution is -2.35. The minimum absolute atomic E-state index is 0.0178. The van der Waals surface area contributed by atoms with Crippen LogP contribution in [-0.4, -0.2) is 43.0 Å². The highest BCUT2D eigenvalue weighted by Gasteiger charge is 2.47. The Labute approximate surface area is 163 Å². The van der Waals surface area contributed by atoms with E-state index in [1.165, 1.54) is 11.1 Å². The van der Waals surface area contributed by atoms with Gasteiger partial charge in [0.1, 0.15) is 5.75 Å². The van der Waals surface area contributed by atoms with E-state index in [9.17, 15) is 9.59 Å². The van der Waals surface area contributed by atoms with E-state index in [1.54, 1.807) is 18.2 Å². The number of ether oxygens (including phenoxy) is 1. The number of fused-ring (bicyclic) bond motifs is 2. The zero-order valence-electron chi connectivity index (χ0n) is 15.8. The lowest BCUT2D eigenvalue weighted by atomic mass is 9.87. The quantitative estimate of drug-likeness (QED) is 0.843. The number of likely N-dealkylation sites (tertiary alicyclic amines) is 1. The van der Waals surface area contributed by atoms with E-state index < -0.39 is 0 Å². The van der Waals surface area contributed by atoms with Crippen LogP contribution in [0.3, 0.4) is 0 Å². The number of carbonyl (C=O) groups excluding carboxylic acids is 2. The van der Waals surface area contributed by atoms with E-state index in [4.69, 9.17) is 4.74 Å². The third kappa shape index (κ3) is 2.76. The normalized spacial score (nSPS) is 25.7. The molecule has 28 heavy (non-hydrogen) atoms. The van der Waals surface area contributed by atoms with Crippen molar-refractivity contribution < 1.29 is 14.3 Å². The summed E-state index contributed by atoms with van der Waals surface area (Å²) in [5.74, 6) is 1.30. The highest BCUT2D eigenvalue weighted by Crippen LogP contribution is 2.44. The highest BCUT2D eigenvalue weighted by molar-refractivity contribution is 5.99. The van der Waals surface area contributed by atoms with Crippen LogP contribution in [-0.2, 0) is 4.79 Å². The topological polar surface area (TPSA) is 70.7 Å². The Morgan fingerprint density at radius 3 is 2.89 bits per heavy atom. The van der Waals surface area contributed by atoms with Crippen molar-refractivity contribution in [2.45, 2.75) is 13.0 Å². The summed E-state index contributed by atoms with van der Waals surface area (Å²) in [6.45, 7) is 4.74. The Morgan fingerprint density at radius 2 is 2.04 bits per heavy atom. The molecule has 0 bridgehead atoms. The first-order valence-corrected chi connectivity index (χ1v) is 9.76. The smallest absolute Gasteiger partial charge is 0.262 e. The van der Waals surface area contributed by atoms with Gasteiger partial charge in [0.15, 0.2) is 6.61 Å². The van der Waals surface area contributed by atoms with Crippen LogP contribution < -0.4 is 15.4 Å². The summed E-state index contributed by atoms with van der Waals surface area (Å²) in [4.78, 5) is 27.0. The molecule has 2 amide bonds. The minimum Gasteiger partial charge on any atom is -0.482 e. The van der Waals surface area contributed by atoms with E-state index in [2.05, 4.69) is 35.8 Å². The summed E-state index contributed by atoms with van der Waals surface area (Å²) in [6, 6.07) is 13.7. The number of nitrogens with zero attached hydrogens (tertiary/aromatic N) is 1. The van der Waals surface area contributed by atoms with Crippen molar-refractivity contribution in [3.63, 3.8) is 0 Å². The third-order valence-corrected chi connectivity index (χ3v) is 6.19. The van der Waals surface area contributed by atoms with Gasteiger partial charge in [0.25, 0.3) is 11.8 Å². The molecule has 5 rings (SSSR count). The number of rotatable bonds is 2. The van der Waals surface area contributed by atoms with Gasteiger partial charge in [-0.2, -0.15) is 0 Å². The molecule has 0 radical (unpaired) electrons. The molecular formula is C22H23N3O3. The Hall–Kier alpha value is -2.86. The molecule has 0 unspecified atom stereocenters. The summed E-state index contributed by atoms with van der Waals surface area (Å²) in [7, 11) is 0. The Kier molecular flexibility index (Phi) is 4.09. The van der Waals surface area contributed by atoms with Gasteiger partial charge in [-0.15, -0.1) is 0 Å². The Balaban J connectivity index is 1.50. The van der Waals surface area contributed by atoms with E-state index in [-0.39, 0.29) is 24.5 Å². The van der Waals surface area contributed by atoms with Crippen molar-refractivity contribution >= 4 is 17.5 Å². The van der Waals surface area contributed by atoms with Crippen LogP contribution in [0.4, 0.5) is 5.69 Å². The molecule has 2 fully saturated rings. The number of amides is 2. The van der Waals surface area contributed by atoms with Crippen molar-refractivity contribution in [1.29, 1.82) is 0 Å². The average Bonchev–Trinajstić information content (AvgIpc) is 3.29. The molecule has 6 nitrogen and oxygen atoms in total. The molecule has 2 N–H and O–H groups in total. The van der Waals surface area contributed by atoms with Crippen LogP contribution in [0.25, 0.3) is 0 Å². The highest BCUT2D eigenvalue weighted by atomic mass is 16.5. The molecule has 0 aromatic heterocycles. The number of hydrogen-bond acceptors (Lipinski definition) is 4. The first kappa shape index (κ1) is 17.3. The van der Waals surface area contributed by atoms with Crippen molar-refractivity contribution in [1.82, 2.24) is 10.2 Å². The van der Waals surface area contributed by atoms with Gasteiger partial charge in [-0.3, -0.25) is 9.59 Å². The first-order chi connectivity index (χ1) is 13.6. The predicted molar refractivity (Wildman–Crippen MR) is 105 cm³/mol. The molecule has 0 spiro atoms. The molecule has 3 aliphatic heterocycles. The number of aryl methyl sites for hydroxylation is 1. The minimum atomic E-state index is -0.175. The Morgan fingerprint density at radius 1 is 1.18 bits per heavy atom. The van der Waals surface area contributed by atoms with Crippen LogP contribution in [0.1, 0.15) is 27.5 Å². The molecule has 3 aliphatic rings. The molecule has 3 atom stereocenters. The summed E-state index contributed by atoms with van der Waals surface area (Å²) in [5, 5.41) is 6.26. The number of carbonyl (C=O) groups is 2. The summed E-state index contributed by atoms with van der Waals surface area (Å²) in [5.41, 5.74) is 3.66. The summed E-state index contributed by atoms with van der Waals surface area (Å²) < 4.78 is 5.50. The molecule has 144 valence electrons. The monoisotopic (exact) mass is 377 g/mol. The molecule has 6 heteroatoms.